The first-order valence-corrected chi connectivity index (χ1v) is 8.88. The first-order chi connectivity index (χ1) is 12.6. The zero-order valence-electron chi connectivity index (χ0n) is 15.2. The van der Waals surface area contributed by atoms with Crippen LogP contribution in [0.1, 0.15) is 30.1 Å². The Morgan fingerprint density at radius 3 is 2.31 bits per heavy atom. The summed E-state index contributed by atoms with van der Waals surface area (Å²) in [5.41, 5.74) is 2.70. The van der Waals surface area contributed by atoms with E-state index < -0.39 is 0 Å². The molecular formula is C21H24N2O3. The van der Waals surface area contributed by atoms with Gasteiger partial charge < -0.3 is 15.0 Å². The van der Waals surface area contributed by atoms with Gasteiger partial charge in [0.1, 0.15) is 5.75 Å². The van der Waals surface area contributed by atoms with Gasteiger partial charge in [0, 0.05) is 37.2 Å². The van der Waals surface area contributed by atoms with Crippen LogP contribution in [0.25, 0.3) is 11.1 Å². The highest BCUT2D eigenvalue weighted by molar-refractivity contribution is 5.95. The molecule has 1 aliphatic heterocycles. The van der Waals surface area contributed by atoms with Crippen LogP contribution in [0, 0.1) is 0 Å². The lowest BCUT2D eigenvalue weighted by atomic mass is 10.0. The lowest BCUT2D eigenvalue weighted by Crippen LogP contribution is -2.46. The first-order valence-electron chi connectivity index (χ1n) is 8.88. The van der Waals surface area contributed by atoms with E-state index in [-0.39, 0.29) is 17.9 Å². The normalized spacial score (nSPS) is 14.8. The molecule has 2 aromatic rings. The summed E-state index contributed by atoms with van der Waals surface area (Å²) in [6.45, 7) is 2.86. The Hall–Kier alpha value is -2.82. The number of hydrogen-bond acceptors (Lipinski definition) is 3. The summed E-state index contributed by atoms with van der Waals surface area (Å²) in [5, 5.41) is 2.93. The quantitative estimate of drug-likeness (QED) is 0.920. The number of likely N-dealkylation sites (tertiary alicyclic amines) is 1. The zero-order valence-corrected chi connectivity index (χ0v) is 15.2. The molecular weight excluding hydrogens is 328 g/mol. The van der Waals surface area contributed by atoms with Crippen molar-refractivity contribution in [3.05, 3.63) is 54.1 Å². The highest BCUT2D eigenvalue weighted by atomic mass is 16.5. The van der Waals surface area contributed by atoms with Gasteiger partial charge in [0.25, 0.3) is 5.91 Å². The minimum atomic E-state index is -0.0123. The van der Waals surface area contributed by atoms with Crippen molar-refractivity contribution in [2.24, 2.45) is 0 Å². The fourth-order valence-electron chi connectivity index (χ4n) is 3.37. The summed E-state index contributed by atoms with van der Waals surface area (Å²) in [6, 6.07) is 15.6. The van der Waals surface area contributed by atoms with E-state index >= 15 is 0 Å². The van der Waals surface area contributed by atoms with E-state index in [1.807, 2.05) is 53.4 Å². The maximum Gasteiger partial charge on any atom is 0.253 e. The number of carbonyl (C=O) groups excluding carboxylic acids is 2. The number of carbonyl (C=O) groups is 2. The molecule has 1 saturated heterocycles. The van der Waals surface area contributed by atoms with Crippen LogP contribution < -0.4 is 10.1 Å². The SMILES string of the molecule is COc1ccccc1-c1ccc(C(=O)N2CCC(NC(C)=O)CC2)cc1. The Morgan fingerprint density at radius 1 is 1.04 bits per heavy atom. The molecule has 3 rings (SSSR count). The van der Waals surface area contributed by atoms with Crippen molar-refractivity contribution in [3.63, 3.8) is 0 Å². The molecule has 2 aromatic carbocycles. The Balaban J connectivity index is 1.67. The molecule has 1 N–H and O–H groups in total. The number of rotatable bonds is 4. The Kier molecular flexibility index (Phi) is 5.56. The van der Waals surface area contributed by atoms with E-state index in [1.165, 1.54) is 6.92 Å². The number of methoxy groups -OCH3 is 1. The van der Waals surface area contributed by atoms with Crippen LogP contribution in [0.5, 0.6) is 5.75 Å². The summed E-state index contributed by atoms with van der Waals surface area (Å²) >= 11 is 0. The van der Waals surface area contributed by atoms with E-state index in [1.54, 1.807) is 7.11 Å². The molecule has 136 valence electrons. The number of hydrogen-bond donors (Lipinski definition) is 1. The summed E-state index contributed by atoms with van der Waals surface area (Å²) < 4.78 is 5.40. The molecule has 1 heterocycles. The predicted octanol–water partition coefficient (Wildman–Crippen LogP) is 3.10. The zero-order chi connectivity index (χ0) is 18.5. The van der Waals surface area contributed by atoms with Crippen LogP contribution in [0.4, 0.5) is 0 Å². The molecule has 0 aromatic heterocycles. The number of para-hydroxylation sites is 1. The van der Waals surface area contributed by atoms with E-state index in [0.717, 1.165) is 29.7 Å². The van der Waals surface area contributed by atoms with Gasteiger partial charge in [-0.25, -0.2) is 0 Å². The van der Waals surface area contributed by atoms with Gasteiger partial charge in [-0.1, -0.05) is 30.3 Å². The molecule has 0 saturated carbocycles. The molecule has 26 heavy (non-hydrogen) atoms. The molecule has 0 atom stereocenters. The summed E-state index contributed by atoms with van der Waals surface area (Å²) in [4.78, 5) is 25.7. The number of amides is 2. The van der Waals surface area contributed by atoms with Crippen LogP contribution in [0.3, 0.4) is 0 Å². The van der Waals surface area contributed by atoms with Gasteiger partial charge in [-0.3, -0.25) is 9.59 Å². The summed E-state index contributed by atoms with van der Waals surface area (Å²) in [7, 11) is 1.65. The number of ether oxygens (including phenoxy) is 1. The fourth-order valence-corrected chi connectivity index (χ4v) is 3.37. The second kappa shape index (κ2) is 8.04. The van der Waals surface area contributed by atoms with Gasteiger partial charge in [-0.15, -0.1) is 0 Å². The maximum absolute atomic E-state index is 12.7. The average Bonchev–Trinajstić information content (AvgIpc) is 2.67. The predicted molar refractivity (Wildman–Crippen MR) is 101 cm³/mol. The van der Waals surface area contributed by atoms with Gasteiger partial charge in [0.05, 0.1) is 7.11 Å². The monoisotopic (exact) mass is 352 g/mol. The second-order valence-corrected chi connectivity index (χ2v) is 6.54. The van der Waals surface area contributed by atoms with E-state index in [9.17, 15) is 9.59 Å². The van der Waals surface area contributed by atoms with E-state index in [4.69, 9.17) is 4.74 Å². The van der Waals surface area contributed by atoms with Crippen molar-refractivity contribution in [3.8, 4) is 16.9 Å². The van der Waals surface area contributed by atoms with Gasteiger partial charge in [-0.05, 0) is 36.6 Å². The van der Waals surface area contributed by atoms with Crippen molar-refractivity contribution < 1.29 is 14.3 Å². The lowest BCUT2D eigenvalue weighted by Gasteiger charge is -2.32. The minimum Gasteiger partial charge on any atom is -0.496 e. The van der Waals surface area contributed by atoms with Crippen molar-refractivity contribution in [1.82, 2.24) is 10.2 Å². The third-order valence-corrected chi connectivity index (χ3v) is 4.74. The standard InChI is InChI=1S/C21H24N2O3/c1-15(24)22-18-11-13-23(14-12-18)21(25)17-9-7-16(8-10-17)19-5-3-4-6-20(19)26-2/h3-10,18H,11-14H2,1-2H3,(H,22,24). The van der Waals surface area contributed by atoms with E-state index in [0.29, 0.717) is 18.7 Å². The van der Waals surface area contributed by atoms with Crippen molar-refractivity contribution >= 4 is 11.8 Å². The first kappa shape index (κ1) is 18.0. The number of benzene rings is 2. The summed E-state index contributed by atoms with van der Waals surface area (Å²) in [6.07, 6.45) is 1.59. The second-order valence-electron chi connectivity index (χ2n) is 6.54. The molecule has 0 radical (unpaired) electrons. The van der Waals surface area contributed by atoms with Crippen LogP contribution in [-0.2, 0) is 4.79 Å². The van der Waals surface area contributed by atoms with Crippen LogP contribution >= 0.6 is 0 Å². The molecule has 1 fully saturated rings. The van der Waals surface area contributed by atoms with Crippen LogP contribution in [-0.4, -0.2) is 43.0 Å². The maximum atomic E-state index is 12.7. The highest BCUT2D eigenvalue weighted by Crippen LogP contribution is 2.29. The highest BCUT2D eigenvalue weighted by Gasteiger charge is 2.24. The smallest absolute Gasteiger partial charge is 0.253 e. The van der Waals surface area contributed by atoms with Crippen LogP contribution in [0.2, 0.25) is 0 Å². The summed E-state index contributed by atoms with van der Waals surface area (Å²) in [5.74, 6) is 0.839. The molecule has 5 nitrogen and oxygen atoms in total. The minimum absolute atomic E-state index is 0.0123. The molecule has 0 aliphatic carbocycles. The number of nitrogens with one attached hydrogen (secondary N) is 1. The molecule has 0 unspecified atom stereocenters. The largest absolute Gasteiger partial charge is 0.496 e. The fraction of sp³-hybridized carbons (Fsp3) is 0.333. The third kappa shape index (κ3) is 4.04. The van der Waals surface area contributed by atoms with Crippen molar-refractivity contribution in [1.29, 1.82) is 0 Å². The Labute approximate surface area is 154 Å². The van der Waals surface area contributed by atoms with Crippen molar-refractivity contribution in [2.75, 3.05) is 20.2 Å². The number of nitrogens with zero attached hydrogens (tertiary/aromatic N) is 1. The topological polar surface area (TPSA) is 58.6 Å². The molecule has 1 aliphatic rings. The van der Waals surface area contributed by atoms with Gasteiger partial charge in [0.2, 0.25) is 5.91 Å². The third-order valence-electron chi connectivity index (χ3n) is 4.74. The van der Waals surface area contributed by atoms with Crippen LogP contribution in [0.15, 0.2) is 48.5 Å². The van der Waals surface area contributed by atoms with Gasteiger partial charge in [0.15, 0.2) is 0 Å². The number of piperidine rings is 1. The molecule has 0 bridgehead atoms. The van der Waals surface area contributed by atoms with E-state index in [2.05, 4.69) is 5.32 Å². The van der Waals surface area contributed by atoms with Gasteiger partial charge in [-0.2, -0.15) is 0 Å². The molecule has 5 heteroatoms. The van der Waals surface area contributed by atoms with Crippen molar-refractivity contribution in [2.45, 2.75) is 25.8 Å². The Morgan fingerprint density at radius 2 is 1.69 bits per heavy atom. The average molecular weight is 352 g/mol. The molecule has 0 spiro atoms. The molecule has 2 amide bonds. The Bertz CT molecular complexity index is 778. The van der Waals surface area contributed by atoms with Gasteiger partial charge >= 0.3 is 0 Å². The lowest BCUT2D eigenvalue weighted by molar-refractivity contribution is -0.119.